The Morgan fingerprint density at radius 1 is 1.16 bits per heavy atom. The van der Waals surface area contributed by atoms with Crippen LogP contribution in [0.25, 0.3) is 0 Å². The zero-order chi connectivity index (χ0) is 22.8. The third-order valence-corrected chi connectivity index (χ3v) is 8.08. The smallest absolute Gasteiger partial charge is 0.315 e. The molecule has 0 aromatic heterocycles. The van der Waals surface area contributed by atoms with Gasteiger partial charge in [0.2, 0.25) is 17.7 Å². The molecule has 0 spiro atoms. The van der Waals surface area contributed by atoms with Crippen molar-refractivity contribution in [3.05, 3.63) is 0 Å². The second kappa shape index (κ2) is 9.95. The van der Waals surface area contributed by atoms with Gasteiger partial charge in [0.15, 0.2) is 0 Å². The molecule has 32 heavy (non-hydrogen) atoms. The van der Waals surface area contributed by atoms with Crippen molar-refractivity contribution in [2.24, 2.45) is 17.8 Å². The SMILES string of the molecule is COC1CCC(NC(=O)NCC2CCC3CN(C4CCC(=O)NC4=O)C(=O)C3C2)CC1Cl. The third kappa shape index (κ3) is 5.03. The van der Waals surface area contributed by atoms with Crippen LogP contribution in [0.5, 0.6) is 0 Å². The van der Waals surface area contributed by atoms with Crippen LogP contribution < -0.4 is 16.0 Å². The van der Waals surface area contributed by atoms with Gasteiger partial charge in [-0.2, -0.15) is 0 Å². The molecule has 2 aliphatic carbocycles. The maximum absolute atomic E-state index is 13.0. The molecular weight excluding hydrogens is 436 g/mol. The Morgan fingerprint density at radius 2 is 1.97 bits per heavy atom. The van der Waals surface area contributed by atoms with Crippen LogP contribution in [-0.4, -0.2) is 72.4 Å². The van der Waals surface area contributed by atoms with Crippen LogP contribution in [0, 0.1) is 17.8 Å². The van der Waals surface area contributed by atoms with Gasteiger partial charge in [0.05, 0.1) is 11.5 Å². The van der Waals surface area contributed by atoms with E-state index in [0.29, 0.717) is 25.9 Å². The van der Waals surface area contributed by atoms with Gasteiger partial charge >= 0.3 is 6.03 Å². The molecule has 0 radical (unpaired) electrons. The number of carbonyl (C=O) groups is 4. The summed E-state index contributed by atoms with van der Waals surface area (Å²) in [6.07, 6.45) is 5.63. The molecule has 5 amide bonds. The fourth-order valence-electron chi connectivity index (χ4n) is 5.80. The van der Waals surface area contributed by atoms with Gasteiger partial charge in [0.1, 0.15) is 6.04 Å². The Bertz CT molecular complexity index is 765. The minimum absolute atomic E-state index is 0.0155. The van der Waals surface area contributed by atoms with E-state index in [-0.39, 0.29) is 65.5 Å². The summed E-state index contributed by atoms with van der Waals surface area (Å²) in [5.74, 6) is -0.241. The van der Waals surface area contributed by atoms with E-state index in [0.717, 1.165) is 32.1 Å². The number of ether oxygens (including phenoxy) is 1. The van der Waals surface area contributed by atoms with Gasteiger partial charge in [-0.3, -0.25) is 19.7 Å². The molecule has 2 aliphatic heterocycles. The number of amides is 5. The lowest BCUT2D eigenvalue weighted by atomic mass is 9.75. The van der Waals surface area contributed by atoms with E-state index in [1.807, 2.05) is 0 Å². The standard InChI is InChI=1S/C22H33ClN4O5/c1-32-18-6-4-14(9-16(18)23)25-22(31)24-10-12-2-3-13-11-27(21(30)15(13)8-12)17-5-7-19(28)26-20(17)29/h12-18H,2-11H2,1H3,(H2,24,25,31)(H,26,28,29). The fourth-order valence-corrected chi connectivity index (χ4v) is 6.24. The highest BCUT2D eigenvalue weighted by atomic mass is 35.5. The topological polar surface area (TPSA) is 117 Å². The highest BCUT2D eigenvalue weighted by Crippen LogP contribution is 2.41. The fraction of sp³-hybridized carbons (Fsp3) is 0.818. The van der Waals surface area contributed by atoms with Crippen molar-refractivity contribution in [2.75, 3.05) is 20.2 Å². The molecule has 4 fully saturated rings. The minimum atomic E-state index is -0.535. The number of imide groups is 1. The van der Waals surface area contributed by atoms with E-state index >= 15 is 0 Å². The molecule has 2 heterocycles. The Kier molecular flexibility index (Phi) is 7.24. The molecule has 7 unspecified atom stereocenters. The molecular formula is C22H33ClN4O5. The summed E-state index contributed by atoms with van der Waals surface area (Å²) >= 11 is 6.33. The third-order valence-electron chi connectivity index (χ3n) is 7.62. The summed E-state index contributed by atoms with van der Waals surface area (Å²) < 4.78 is 5.36. The van der Waals surface area contributed by atoms with Gasteiger partial charge in [0.25, 0.3) is 0 Å². The number of piperidine rings is 1. The number of alkyl halides is 1. The maximum Gasteiger partial charge on any atom is 0.315 e. The van der Waals surface area contributed by atoms with Crippen molar-refractivity contribution in [2.45, 2.75) is 74.9 Å². The lowest BCUT2D eigenvalue weighted by Crippen LogP contribution is -2.53. The summed E-state index contributed by atoms with van der Waals surface area (Å²) in [6, 6.07) is -0.690. The number of nitrogens with zero attached hydrogens (tertiary/aromatic N) is 1. The first-order chi connectivity index (χ1) is 15.4. The lowest BCUT2D eigenvalue weighted by Gasteiger charge is -2.33. The summed E-state index contributed by atoms with van der Waals surface area (Å²) in [4.78, 5) is 50.7. The molecule has 4 rings (SSSR count). The maximum atomic E-state index is 13.0. The summed E-state index contributed by atoms with van der Waals surface area (Å²) in [7, 11) is 1.66. The Balaban J connectivity index is 1.23. The average molecular weight is 469 g/mol. The van der Waals surface area contributed by atoms with Crippen molar-refractivity contribution < 1.29 is 23.9 Å². The second-order valence-electron chi connectivity index (χ2n) is 9.66. The Hall–Kier alpha value is -1.87. The van der Waals surface area contributed by atoms with Crippen LogP contribution >= 0.6 is 11.6 Å². The number of hydrogen-bond acceptors (Lipinski definition) is 5. The van der Waals surface area contributed by atoms with Crippen LogP contribution in [0.1, 0.15) is 51.4 Å². The summed E-state index contributed by atoms with van der Waals surface area (Å²) in [5.41, 5.74) is 0. The quantitative estimate of drug-likeness (QED) is 0.413. The molecule has 0 aromatic carbocycles. The second-order valence-corrected chi connectivity index (χ2v) is 10.2. The van der Waals surface area contributed by atoms with E-state index in [1.165, 1.54) is 0 Å². The molecule has 7 atom stereocenters. The van der Waals surface area contributed by atoms with Crippen molar-refractivity contribution in [1.29, 1.82) is 0 Å². The lowest BCUT2D eigenvalue weighted by molar-refractivity contribution is -0.144. The van der Waals surface area contributed by atoms with Crippen LogP contribution in [-0.2, 0) is 19.1 Å². The molecule has 0 aromatic rings. The number of likely N-dealkylation sites (tertiary alicyclic amines) is 1. The minimum Gasteiger partial charge on any atom is -0.380 e. The van der Waals surface area contributed by atoms with Gasteiger partial charge in [-0.05, 0) is 56.8 Å². The number of fused-ring (bicyclic) bond motifs is 1. The van der Waals surface area contributed by atoms with Crippen molar-refractivity contribution in [3.8, 4) is 0 Å². The number of halogens is 1. The molecule has 9 nitrogen and oxygen atoms in total. The molecule has 0 bridgehead atoms. The zero-order valence-electron chi connectivity index (χ0n) is 18.5. The Labute approximate surface area is 193 Å². The van der Waals surface area contributed by atoms with Crippen LogP contribution in [0.4, 0.5) is 4.79 Å². The van der Waals surface area contributed by atoms with Crippen molar-refractivity contribution in [3.63, 3.8) is 0 Å². The predicted octanol–water partition coefficient (Wildman–Crippen LogP) is 1.14. The molecule has 3 N–H and O–H groups in total. The van der Waals surface area contributed by atoms with Gasteiger partial charge in [-0.1, -0.05) is 0 Å². The van der Waals surface area contributed by atoms with Crippen LogP contribution in [0.2, 0.25) is 0 Å². The first-order valence-corrected chi connectivity index (χ1v) is 12.1. The number of rotatable bonds is 5. The van der Waals surface area contributed by atoms with Gasteiger partial charge in [0, 0.05) is 38.6 Å². The van der Waals surface area contributed by atoms with Crippen molar-refractivity contribution >= 4 is 35.4 Å². The van der Waals surface area contributed by atoms with Crippen molar-refractivity contribution in [1.82, 2.24) is 20.9 Å². The number of nitrogens with one attached hydrogen (secondary N) is 3. The highest BCUT2D eigenvalue weighted by molar-refractivity contribution is 6.21. The molecule has 2 saturated carbocycles. The largest absolute Gasteiger partial charge is 0.380 e. The first-order valence-electron chi connectivity index (χ1n) is 11.7. The monoisotopic (exact) mass is 468 g/mol. The average Bonchev–Trinajstić information content (AvgIpc) is 3.08. The van der Waals surface area contributed by atoms with E-state index in [9.17, 15) is 19.2 Å². The molecule has 2 saturated heterocycles. The number of carbonyl (C=O) groups excluding carboxylic acids is 4. The zero-order valence-corrected chi connectivity index (χ0v) is 19.2. The van der Waals surface area contributed by atoms with E-state index in [4.69, 9.17) is 16.3 Å². The normalized spacial score (nSPS) is 37.6. The highest BCUT2D eigenvalue weighted by Gasteiger charge is 2.48. The Morgan fingerprint density at radius 3 is 2.69 bits per heavy atom. The molecule has 4 aliphatic rings. The number of methoxy groups -OCH3 is 1. The summed E-state index contributed by atoms with van der Waals surface area (Å²) in [6.45, 7) is 1.11. The van der Waals surface area contributed by atoms with E-state index in [1.54, 1.807) is 12.0 Å². The first kappa shape index (κ1) is 23.3. The predicted molar refractivity (Wildman–Crippen MR) is 117 cm³/mol. The molecule has 10 heteroatoms. The van der Waals surface area contributed by atoms with Gasteiger partial charge in [-0.15, -0.1) is 11.6 Å². The summed E-state index contributed by atoms with van der Waals surface area (Å²) in [5, 5.41) is 8.23. The molecule has 178 valence electrons. The number of hydrogen-bond donors (Lipinski definition) is 3. The number of urea groups is 1. The van der Waals surface area contributed by atoms with E-state index in [2.05, 4.69) is 16.0 Å². The van der Waals surface area contributed by atoms with E-state index < -0.39 is 6.04 Å². The van der Waals surface area contributed by atoms with Gasteiger partial charge < -0.3 is 20.3 Å². The van der Waals surface area contributed by atoms with Crippen LogP contribution in [0.15, 0.2) is 0 Å². The van der Waals surface area contributed by atoms with Crippen LogP contribution in [0.3, 0.4) is 0 Å². The van der Waals surface area contributed by atoms with Gasteiger partial charge in [-0.25, -0.2) is 4.79 Å².